The van der Waals surface area contributed by atoms with Crippen molar-refractivity contribution >= 4 is 11.5 Å². The lowest BCUT2D eigenvalue weighted by atomic mass is 9.38. The summed E-state index contributed by atoms with van der Waals surface area (Å²) in [6.45, 7) is 9.38. The number of Topliss-reactive ketones (excluding diaryl/α,β-unsaturated/α-hetero) is 1. The summed E-state index contributed by atoms with van der Waals surface area (Å²) < 4.78 is 6.39. The number of hydrogen-bond donors (Lipinski definition) is 8. The number of hydrogen-bond acceptors (Lipinski definition) is 10. The van der Waals surface area contributed by atoms with Gasteiger partial charge >= 0.3 is 0 Å². The zero-order chi connectivity index (χ0) is 40.9. The van der Waals surface area contributed by atoms with E-state index in [2.05, 4.69) is 19.2 Å². The number of rotatable bonds is 14. The van der Waals surface area contributed by atoms with Crippen LogP contribution < -0.4 is 11.1 Å². The number of carbonyl (C=O) groups excluding carboxylic acids is 1. The molecule has 0 aromatic rings. The second-order valence-corrected chi connectivity index (χ2v) is 21.0. The first-order chi connectivity index (χ1) is 27.1. The van der Waals surface area contributed by atoms with Crippen LogP contribution in [0.3, 0.4) is 0 Å². The Morgan fingerprint density at radius 2 is 1.77 bits per heavy atom. The van der Waals surface area contributed by atoms with Crippen molar-refractivity contribution in [3.8, 4) is 0 Å². The maximum atomic E-state index is 15.2. The van der Waals surface area contributed by atoms with E-state index >= 15 is 4.79 Å². The molecule has 326 valence electrons. The van der Waals surface area contributed by atoms with Gasteiger partial charge in [-0.3, -0.25) is 15.5 Å². The topological polar surface area (TPSA) is 203 Å². The highest BCUT2D eigenvalue weighted by molar-refractivity contribution is 6.42. The van der Waals surface area contributed by atoms with Crippen molar-refractivity contribution in [2.45, 2.75) is 198 Å². The molecule has 0 amide bonds. The van der Waals surface area contributed by atoms with E-state index in [0.29, 0.717) is 62.7 Å². The first-order valence-corrected chi connectivity index (χ1v) is 23.6. The third kappa shape index (κ3) is 7.66. The Balaban J connectivity index is 1.27. The highest BCUT2D eigenvalue weighted by Crippen LogP contribution is 2.74. The molecular weight excluding hydrogens is 723 g/mol. The maximum absolute atomic E-state index is 15.2. The van der Waals surface area contributed by atoms with Crippen LogP contribution in [0, 0.1) is 58.2 Å². The van der Waals surface area contributed by atoms with Gasteiger partial charge < -0.3 is 40.7 Å². The van der Waals surface area contributed by atoms with E-state index in [9.17, 15) is 30.6 Å². The minimum absolute atomic E-state index is 0.0379. The molecule has 10 N–H and O–H groups in total. The van der Waals surface area contributed by atoms with Crippen molar-refractivity contribution < 1.29 is 45.5 Å². The Morgan fingerprint density at radius 1 is 1.02 bits per heavy atom. The second kappa shape index (κ2) is 17.4. The van der Waals surface area contributed by atoms with Crippen LogP contribution in [0.2, 0.25) is 0 Å². The number of fused-ring (bicyclic) bond motifs is 5. The summed E-state index contributed by atoms with van der Waals surface area (Å²) >= 11 is 0. The molecule has 17 atom stereocenters. The molecule has 0 radical (unpaired) electrons. The molecule has 0 spiro atoms. The number of aliphatic imine (C=N–C) groups is 1. The minimum Gasteiger partial charge on any atom is -0.391 e. The molecule has 2 unspecified atom stereocenters. The summed E-state index contributed by atoms with van der Waals surface area (Å²) in [5.41, 5.74) is 2.21. The summed E-state index contributed by atoms with van der Waals surface area (Å²) in [4.78, 5) is 20.2. The lowest BCUT2D eigenvalue weighted by Gasteiger charge is -2.67. The average molecular weight is 803 g/mol. The molecule has 5 saturated carbocycles. The zero-order valence-electron chi connectivity index (χ0n) is 35.7. The monoisotopic (exact) mass is 803 g/mol. The SMILES string of the molecule is CCCCCC[C@H]1CO[C@@H]([C@@H](O)[C@](C)(O)[C@@H]2CC[C@]3(O)[C@@H]4C(=NC[C@H](C)O)C(=O)[C@H]5C[C@@H](O)[C@@H](O)C[C@]5(CCC5CCC(N)[NH2+]C5)[C@@H]4CC[C@]23C2CCCC2)[C@H]1C. The summed E-state index contributed by atoms with van der Waals surface area (Å²) in [5.74, 6) is -1.000. The van der Waals surface area contributed by atoms with Gasteiger partial charge in [0.1, 0.15) is 12.3 Å². The molecule has 11 nitrogen and oxygen atoms in total. The fraction of sp³-hybridized carbons (Fsp3) is 0.957. The third-order valence-electron chi connectivity index (χ3n) is 18.0. The number of nitrogens with two attached hydrogens (primary N) is 2. The predicted octanol–water partition coefficient (Wildman–Crippen LogP) is 3.62. The summed E-state index contributed by atoms with van der Waals surface area (Å²) in [6.07, 6.45) is 11.6. The number of nitrogens with zero attached hydrogens (tertiary/aromatic N) is 1. The molecule has 2 heterocycles. The van der Waals surface area contributed by atoms with Crippen LogP contribution in [0.1, 0.15) is 150 Å². The molecule has 2 aliphatic heterocycles. The Kier molecular flexibility index (Phi) is 13.4. The first kappa shape index (κ1) is 44.0. The largest absolute Gasteiger partial charge is 0.391 e. The van der Waals surface area contributed by atoms with Gasteiger partial charge in [0.2, 0.25) is 0 Å². The molecule has 7 fully saturated rings. The molecule has 0 bridgehead atoms. The fourth-order valence-electron chi connectivity index (χ4n) is 15.0. The van der Waals surface area contributed by atoms with Crippen LogP contribution in [0.4, 0.5) is 0 Å². The van der Waals surface area contributed by atoms with Gasteiger partial charge in [-0.2, -0.15) is 0 Å². The number of ketones is 1. The van der Waals surface area contributed by atoms with Gasteiger partial charge in [0.05, 0.1) is 61.0 Å². The zero-order valence-corrected chi connectivity index (χ0v) is 35.7. The smallest absolute Gasteiger partial charge is 0.180 e. The molecule has 0 aromatic heterocycles. The molecule has 57 heavy (non-hydrogen) atoms. The highest BCUT2D eigenvalue weighted by atomic mass is 16.5. The van der Waals surface area contributed by atoms with Crippen molar-refractivity contribution in [3.63, 3.8) is 0 Å². The predicted molar refractivity (Wildman–Crippen MR) is 219 cm³/mol. The molecule has 2 saturated heterocycles. The normalized spacial score (nSPS) is 46.7. The van der Waals surface area contributed by atoms with Gasteiger partial charge in [-0.15, -0.1) is 0 Å². The van der Waals surface area contributed by atoms with Gasteiger partial charge in [0, 0.05) is 29.6 Å². The van der Waals surface area contributed by atoms with Crippen molar-refractivity contribution in [3.05, 3.63) is 0 Å². The highest BCUT2D eigenvalue weighted by Gasteiger charge is 2.76. The van der Waals surface area contributed by atoms with E-state index in [4.69, 9.17) is 15.5 Å². The summed E-state index contributed by atoms with van der Waals surface area (Å²) in [6, 6.07) is 0. The summed E-state index contributed by atoms with van der Waals surface area (Å²) in [5, 5.41) is 74.7. The van der Waals surface area contributed by atoms with Crippen molar-refractivity contribution in [2.24, 2.45) is 68.9 Å². The quantitative estimate of drug-likeness (QED) is 0.121. The van der Waals surface area contributed by atoms with Gasteiger partial charge in [0.15, 0.2) is 5.78 Å². The second-order valence-electron chi connectivity index (χ2n) is 21.0. The van der Waals surface area contributed by atoms with E-state index in [1.807, 2.05) is 0 Å². The van der Waals surface area contributed by atoms with Crippen molar-refractivity contribution in [1.82, 2.24) is 0 Å². The number of aliphatic hydroxyl groups excluding tert-OH is 4. The van der Waals surface area contributed by atoms with E-state index in [0.717, 1.165) is 64.3 Å². The Labute approximate surface area is 342 Å². The number of carbonyl (C=O) groups is 1. The number of quaternary nitrogens is 1. The summed E-state index contributed by atoms with van der Waals surface area (Å²) in [7, 11) is 0. The molecule has 7 aliphatic rings. The van der Waals surface area contributed by atoms with Crippen LogP contribution in [-0.2, 0) is 9.53 Å². The molecule has 11 heteroatoms. The molecule has 7 rings (SSSR count). The minimum atomic E-state index is -1.56. The number of ether oxygens (including phenoxy) is 1. The third-order valence-corrected chi connectivity index (χ3v) is 18.0. The van der Waals surface area contributed by atoms with E-state index in [1.54, 1.807) is 13.8 Å². The Hall–Kier alpha value is -1.02. The van der Waals surface area contributed by atoms with E-state index in [1.165, 1.54) is 19.3 Å². The number of piperidine rings is 1. The van der Waals surface area contributed by atoms with Crippen molar-refractivity contribution in [1.29, 1.82) is 0 Å². The van der Waals surface area contributed by atoms with Crippen LogP contribution >= 0.6 is 0 Å². The van der Waals surface area contributed by atoms with Crippen LogP contribution in [0.5, 0.6) is 0 Å². The Morgan fingerprint density at radius 3 is 2.46 bits per heavy atom. The molecule has 5 aliphatic carbocycles. The molecular formula is C46H80N3O8+. The van der Waals surface area contributed by atoms with Crippen LogP contribution in [0.25, 0.3) is 0 Å². The number of aliphatic hydroxyl groups is 6. The fourth-order valence-corrected chi connectivity index (χ4v) is 15.0. The molecule has 0 aromatic carbocycles. The lowest BCUT2D eigenvalue weighted by molar-refractivity contribution is -0.703. The standard InChI is InChI=1S/C46H79N3O8/c1-5-6-7-8-11-30-26-57-41(28(30)3)42(54)43(4,55)36-18-21-46(56)38-32(17-20-45(36,46)31-12-9-10-13-31)44(19-16-29-14-15-37(47)48-25-29)23-35(52)34(51)22-33(44)40(53)39(38)49-24-27(2)50/h27-38,41-42,48,50-52,54-56H,5-26,47H2,1-4H3/p+1/t27-,28-,29?,30-,32+,33+,34+,35-,36-,37?,38-,41+,42+,43+,44+,45-,46-/m0/s1. The van der Waals surface area contributed by atoms with Gasteiger partial charge in [0.25, 0.3) is 0 Å². The maximum Gasteiger partial charge on any atom is 0.180 e. The van der Waals surface area contributed by atoms with Gasteiger partial charge in [-0.05, 0) is 126 Å². The average Bonchev–Trinajstić information content (AvgIpc) is 3.92. The first-order valence-electron chi connectivity index (χ1n) is 23.6. The van der Waals surface area contributed by atoms with Crippen molar-refractivity contribution in [2.75, 3.05) is 19.7 Å². The van der Waals surface area contributed by atoms with Crippen LogP contribution in [-0.4, -0.2) is 110 Å². The van der Waals surface area contributed by atoms with Gasteiger partial charge in [-0.25, -0.2) is 0 Å². The van der Waals surface area contributed by atoms with Gasteiger partial charge in [-0.1, -0.05) is 52.4 Å². The van der Waals surface area contributed by atoms with E-state index in [-0.39, 0.29) is 42.7 Å². The lowest BCUT2D eigenvalue weighted by Crippen LogP contribution is -2.95. The van der Waals surface area contributed by atoms with Crippen LogP contribution in [0.15, 0.2) is 4.99 Å². The Bertz CT molecular complexity index is 1410. The van der Waals surface area contributed by atoms with E-state index < -0.39 is 70.3 Å². The number of unbranched alkanes of at least 4 members (excludes halogenated alkanes) is 3.